The second-order valence-electron chi connectivity index (χ2n) is 5.97. The van der Waals surface area contributed by atoms with E-state index in [1.165, 1.54) is 0 Å². The van der Waals surface area contributed by atoms with Gasteiger partial charge in [0.05, 0.1) is 19.8 Å². The van der Waals surface area contributed by atoms with Gasteiger partial charge in [0.2, 0.25) is 0 Å². The first-order valence-corrected chi connectivity index (χ1v) is 8.16. The summed E-state index contributed by atoms with van der Waals surface area (Å²) in [6.07, 6.45) is 0.798. The third kappa shape index (κ3) is 4.09. The molecule has 0 bridgehead atoms. The first-order chi connectivity index (χ1) is 11.2. The van der Waals surface area contributed by atoms with E-state index in [2.05, 4.69) is 5.32 Å². The van der Waals surface area contributed by atoms with E-state index in [0.717, 1.165) is 48.4 Å². The zero-order valence-corrected chi connectivity index (χ0v) is 14.9. The second-order valence-corrected chi connectivity index (χ2v) is 5.97. The molecule has 132 valence electrons. The van der Waals surface area contributed by atoms with E-state index in [9.17, 15) is 4.79 Å². The highest BCUT2D eigenvalue weighted by Gasteiger charge is 2.15. The molecule has 2 heterocycles. The summed E-state index contributed by atoms with van der Waals surface area (Å²) in [4.78, 5) is 11.7. The van der Waals surface area contributed by atoms with Crippen LogP contribution in [-0.4, -0.2) is 32.9 Å². The number of aryl methyl sites for hydroxylation is 2. The van der Waals surface area contributed by atoms with Gasteiger partial charge in [-0.25, -0.2) is 4.79 Å². The molecule has 2 aromatic rings. The lowest BCUT2D eigenvalue weighted by molar-refractivity contribution is 0.101. The number of hydrogen-bond acceptors (Lipinski definition) is 5. The average Bonchev–Trinajstić information content (AvgIpc) is 2.83. The minimum atomic E-state index is -0.309. The summed E-state index contributed by atoms with van der Waals surface area (Å²) in [5, 5.41) is 4.32. The Morgan fingerprint density at radius 2 is 2.21 bits per heavy atom. The molecule has 1 N–H and O–H groups in total. The lowest BCUT2D eigenvalue weighted by Gasteiger charge is -2.17. The van der Waals surface area contributed by atoms with Crippen molar-refractivity contribution in [2.45, 2.75) is 20.3 Å². The summed E-state index contributed by atoms with van der Waals surface area (Å²) >= 11 is 0. The van der Waals surface area contributed by atoms with Gasteiger partial charge in [-0.15, -0.1) is 12.4 Å². The van der Waals surface area contributed by atoms with Gasteiger partial charge in [-0.3, -0.25) is 0 Å². The fourth-order valence-corrected chi connectivity index (χ4v) is 2.93. The molecule has 0 spiro atoms. The van der Waals surface area contributed by atoms with Gasteiger partial charge in [-0.05, 0) is 31.0 Å². The van der Waals surface area contributed by atoms with E-state index >= 15 is 0 Å². The third-order valence-electron chi connectivity index (χ3n) is 4.26. The highest BCUT2D eigenvalue weighted by molar-refractivity contribution is 5.85. The maximum atomic E-state index is 11.7. The van der Waals surface area contributed by atoms with Crippen LogP contribution in [0.15, 0.2) is 27.4 Å². The molecule has 0 saturated carbocycles. The smallest absolute Gasteiger partial charge is 0.336 e. The standard InChI is InChI=1S/C18H23NO4.ClH/c1-3-14-8-17(20)23-18-12(2)16(5-4-15(14)18)22-11-13-9-19-6-7-21-10-13;/h4-5,8,13,19H,3,6-7,9-11H2,1-2H3;1H. The molecule has 1 aliphatic heterocycles. The van der Waals surface area contributed by atoms with Crippen molar-refractivity contribution in [3.05, 3.63) is 39.7 Å². The first-order valence-electron chi connectivity index (χ1n) is 8.16. The predicted molar refractivity (Wildman–Crippen MR) is 96.5 cm³/mol. The lowest BCUT2D eigenvalue weighted by Crippen LogP contribution is -2.27. The fraction of sp³-hybridized carbons (Fsp3) is 0.500. The molecule has 1 aliphatic rings. The summed E-state index contributed by atoms with van der Waals surface area (Å²) in [7, 11) is 0. The van der Waals surface area contributed by atoms with Crippen LogP contribution in [0.4, 0.5) is 0 Å². The summed E-state index contributed by atoms with van der Waals surface area (Å²) in [5.41, 5.74) is 2.20. The van der Waals surface area contributed by atoms with Crippen molar-refractivity contribution in [2.24, 2.45) is 5.92 Å². The topological polar surface area (TPSA) is 60.7 Å². The molecule has 0 radical (unpaired) electrons. The Bertz CT molecular complexity index is 736. The van der Waals surface area contributed by atoms with Gasteiger partial charge < -0.3 is 19.2 Å². The van der Waals surface area contributed by atoms with E-state index in [0.29, 0.717) is 24.7 Å². The van der Waals surface area contributed by atoms with Crippen LogP contribution in [0.1, 0.15) is 18.1 Å². The Labute approximate surface area is 147 Å². The monoisotopic (exact) mass is 353 g/mol. The zero-order valence-electron chi connectivity index (χ0n) is 14.1. The molecule has 24 heavy (non-hydrogen) atoms. The maximum absolute atomic E-state index is 11.7. The zero-order chi connectivity index (χ0) is 16.2. The van der Waals surface area contributed by atoms with Crippen molar-refractivity contribution in [1.29, 1.82) is 0 Å². The lowest BCUT2D eigenvalue weighted by atomic mass is 10.0. The highest BCUT2D eigenvalue weighted by atomic mass is 35.5. The molecule has 0 aliphatic carbocycles. The van der Waals surface area contributed by atoms with Crippen molar-refractivity contribution < 1.29 is 13.9 Å². The summed E-state index contributed by atoms with van der Waals surface area (Å²) < 4.78 is 16.9. The van der Waals surface area contributed by atoms with Gasteiger partial charge in [-0.2, -0.15) is 0 Å². The van der Waals surface area contributed by atoms with Gasteiger partial charge in [0.25, 0.3) is 0 Å². The van der Waals surface area contributed by atoms with Crippen molar-refractivity contribution in [1.82, 2.24) is 5.32 Å². The Morgan fingerprint density at radius 1 is 1.38 bits per heavy atom. The molecule has 3 rings (SSSR count). The Hall–Kier alpha value is -1.56. The summed E-state index contributed by atoms with van der Waals surface area (Å²) in [5.74, 6) is 1.08. The van der Waals surface area contributed by atoms with Gasteiger partial charge in [0, 0.05) is 36.0 Å². The van der Waals surface area contributed by atoms with E-state index in [1.807, 2.05) is 26.0 Å². The molecule has 1 fully saturated rings. The number of nitrogens with one attached hydrogen (secondary N) is 1. The molecule has 1 atom stereocenters. The van der Waals surface area contributed by atoms with E-state index < -0.39 is 0 Å². The second kappa shape index (κ2) is 8.51. The predicted octanol–water partition coefficient (Wildman–Crippen LogP) is 2.70. The molecular formula is C18H24ClNO4. The van der Waals surface area contributed by atoms with Crippen molar-refractivity contribution >= 4 is 23.4 Å². The number of hydrogen-bond donors (Lipinski definition) is 1. The van der Waals surface area contributed by atoms with Crippen LogP contribution in [-0.2, 0) is 11.2 Å². The molecule has 1 aromatic heterocycles. The van der Waals surface area contributed by atoms with Gasteiger partial charge in [0.1, 0.15) is 11.3 Å². The largest absolute Gasteiger partial charge is 0.493 e. The number of halogens is 1. The highest BCUT2D eigenvalue weighted by Crippen LogP contribution is 2.29. The quantitative estimate of drug-likeness (QED) is 0.856. The Balaban J connectivity index is 0.00000208. The van der Waals surface area contributed by atoms with Crippen LogP contribution < -0.4 is 15.7 Å². The summed E-state index contributed by atoms with van der Waals surface area (Å²) in [6.45, 7) is 7.77. The minimum absolute atomic E-state index is 0. The van der Waals surface area contributed by atoms with Crippen LogP contribution in [0.3, 0.4) is 0 Å². The minimum Gasteiger partial charge on any atom is -0.493 e. The molecule has 0 amide bonds. The summed E-state index contributed by atoms with van der Waals surface area (Å²) in [6, 6.07) is 5.50. The number of benzene rings is 1. The van der Waals surface area contributed by atoms with Crippen LogP contribution >= 0.6 is 12.4 Å². The van der Waals surface area contributed by atoms with Crippen molar-refractivity contribution in [3.8, 4) is 5.75 Å². The first kappa shape index (κ1) is 18.8. The number of fused-ring (bicyclic) bond motifs is 1. The van der Waals surface area contributed by atoms with E-state index in [1.54, 1.807) is 6.07 Å². The van der Waals surface area contributed by atoms with Crippen LogP contribution in [0.25, 0.3) is 11.0 Å². The van der Waals surface area contributed by atoms with Crippen LogP contribution in [0.2, 0.25) is 0 Å². The van der Waals surface area contributed by atoms with Crippen LogP contribution in [0, 0.1) is 12.8 Å². The van der Waals surface area contributed by atoms with Crippen molar-refractivity contribution in [3.63, 3.8) is 0 Å². The maximum Gasteiger partial charge on any atom is 0.336 e. The van der Waals surface area contributed by atoms with Gasteiger partial charge >= 0.3 is 5.63 Å². The van der Waals surface area contributed by atoms with Crippen LogP contribution in [0.5, 0.6) is 5.75 Å². The Kier molecular flexibility index (Phi) is 6.66. The number of ether oxygens (including phenoxy) is 2. The molecular weight excluding hydrogens is 330 g/mol. The molecule has 1 unspecified atom stereocenters. The van der Waals surface area contributed by atoms with Gasteiger partial charge in [-0.1, -0.05) is 6.92 Å². The molecule has 1 saturated heterocycles. The average molecular weight is 354 g/mol. The number of rotatable bonds is 4. The molecule has 5 nitrogen and oxygen atoms in total. The SMILES string of the molecule is CCc1cc(=O)oc2c(C)c(OCC3CNCCOC3)ccc12.Cl. The Morgan fingerprint density at radius 3 is 3.00 bits per heavy atom. The van der Waals surface area contributed by atoms with Gasteiger partial charge in [0.15, 0.2) is 0 Å². The third-order valence-corrected chi connectivity index (χ3v) is 4.26. The molecule has 1 aromatic carbocycles. The van der Waals surface area contributed by atoms with E-state index in [4.69, 9.17) is 13.9 Å². The van der Waals surface area contributed by atoms with E-state index in [-0.39, 0.29) is 18.0 Å². The van der Waals surface area contributed by atoms with Crippen molar-refractivity contribution in [2.75, 3.05) is 32.9 Å². The fourth-order valence-electron chi connectivity index (χ4n) is 2.93. The normalized spacial score (nSPS) is 18.0. The molecule has 6 heteroatoms.